The fourth-order valence-corrected chi connectivity index (χ4v) is 2.04. The van der Waals surface area contributed by atoms with Gasteiger partial charge < -0.3 is 10.1 Å². The molecule has 0 bridgehead atoms. The Morgan fingerprint density at radius 2 is 2.36 bits per heavy atom. The molecule has 1 aromatic carbocycles. The Morgan fingerprint density at radius 1 is 1.50 bits per heavy atom. The summed E-state index contributed by atoms with van der Waals surface area (Å²) in [6.07, 6.45) is 1.12. The Kier molecular flexibility index (Phi) is 2.82. The molecule has 2 N–H and O–H groups in total. The second-order valence-electron chi connectivity index (χ2n) is 3.88. The Hall–Kier alpha value is -0.900. The molecule has 3 heteroatoms. The van der Waals surface area contributed by atoms with Crippen LogP contribution in [-0.4, -0.2) is 23.7 Å². The number of rotatable bonds is 2. The van der Waals surface area contributed by atoms with E-state index in [1.807, 2.05) is 0 Å². The fourth-order valence-electron chi connectivity index (χ4n) is 2.04. The average molecular weight is 192 g/mol. The number of benzene rings is 1. The molecule has 0 unspecified atom stereocenters. The van der Waals surface area contributed by atoms with E-state index in [4.69, 9.17) is 5.21 Å². The maximum absolute atomic E-state index is 8.72. The van der Waals surface area contributed by atoms with E-state index in [1.165, 1.54) is 16.7 Å². The molecule has 0 amide bonds. The topological polar surface area (TPSA) is 35.5 Å². The summed E-state index contributed by atoms with van der Waals surface area (Å²) < 4.78 is 0. The Bertz CT molecular complexity index is 325. The first kappa shape index (κ1) is 9.65. The lowest BCUT2D eigenvalue weighted by atomic mass is 9.95. The van der Waals surface area contributed by atoms with Crippen molar-refractivity contribution in [2.24, 2.45) is 0 Å². The van der Waals surface area contributed by atoms with Crippen molar-refractivity contribution in [1.29, 1.82) is 0 Å². The minimum absolute atomic E-state index is 0.539. The van der Waals surface area contributed by atoms with Gasteiger partial charge in [0.2, 0.25) is 0 Å². The summed E-state index contributed by atoms with van der Waals surface area (Å²) in [5, 5.41) is 8.72. The van der Waals surface area contributed by atoms with Crippen molar-refractivity contribution in [3.63, 3.8) is 0 Å². The van der Waals surface area contributed by atoms with Crippen LogP contribution >= 0.6 is 0 Å². The monoisotopic (exact) mass is 192 g/mol. The molecule has 0 fully saturated rings. The molecule has 3 nitrogen and oxygen atoms in total. The molecule has 2 rings (SSSR count). The lowest BCUT2D eigenvalue weighted by Crippen LogP contribution is -2.28. The van der Waals surface area contributed by atoms with Crippen molar-refractivity contribution in [2.45, 2.75) is 19.5 Å². The number of hydroxylamine groups is 1. The van der Waals surface area contributed by atoms with Crippen molar-refractivity contribution in [1.82, 2.24) is 10.4 Å². The number of nitrogens with one attached hydrogen (secondary N) is 1. The minimum Gasteiger partial charge on any atom is -0.316 e. The van der Waals surface area contributed by atoms with Gasteiger partial charge in [-0.15, -0.1) is 0 Å². The van der Waals surface area contributed by atoms with Gasteiger partial charge in [0.25, 0.3) is 0 Å². The van der Waals surface area contributed by atoms with Gasteiger partial charge in [0, 0.05) is 19.6 Å². The van der Waals surface area contributed by atoms with Gasteiger partial charge in [-0.1, -0.05) is 18.2 Å². The summed E-state index contributed by atoms with van der Waals surface area (Å²) in [5.74, 6) is 0. The van der Waals surface area contributed by atoms with E-state index in [9.17, 15) is 0 Å². The van der Waals surface area contributed by atoms with Crippen LogP contribution in [0.2, 0.25) is 0 Å². The maximum Gasteiger partial charge on any atom is 0.0461 e. The van der Waals surface area contributed by atoms with E-state index in [2.05, 4.69) is 35.6 Å². The minimum atomic E-state index is 0.539. The Morgan fingerprint density at radius 3 is 3.14 bits per heavy atom. The van der Waals surface area contributed by atoms with Gasteiger partial charge in [-0.05, 0) is 30.2 Å². The second-order valence-corrected chi connectivity index (χ2v) is 3.88. The van der Waals surface area contributed by atoms with Gasteiger partial charge in [-0.3, -0.25) is 0 Å². The van der Waals surface area contributed by atoms with Crippen LogP contribution in [0.15, 0.2) is 18.2 Å². The zero-order valence-corrected chi connectivity index (χ0v) is 8.45. The van der Waals surface area contributed by atoms with Crippen LogP contribution < -0.4 is 5.48 Å². The van der Waals surface area contributed by atoms with Gasteiger partial charge in [-0.2, -0.15) is 0 Å². The predicted molar refractivity (Wildman–Crippen MR) is 55.1 cm³/mol. The van der Waals surface area contributed by atoms with Crippen LogP contribution in [0.4, 0.5) is 0 Å². The van der Waals surface area contributed by atoms with Gasteiger partial charge in [0.15, 0.2) is 0 Å². The molecule has 0 saturated carbocycles. The van der Waals surface area contributed by atoms with Gasteiger partial charge in [0.05, 0.1) is 0 Å². The van der Waals surface area contributed by atoms with Crippen molar-refractivity contribution < 1.29 is 5.21 Å². The molecule has 1 aliphatic heterocycles. The van der Waals surface area contributed by atoms with Crippen molar-refractivity contribution >= 4 is 0 Å². The van der Waals surface area contributed by atoms with E-state index in [-0.39, 0.29) is 0 Å². The molecule has 0 spiro atoms. The van der Waals surface area contributed by atoms with Gasteiger partial charge in [-0.25, -0.2) is 5.48 Å². The highest BCUT2D eigenvalue weighted by Gasteiger charge is 2.15. The molecule has 0 saturated heterocycles. The van der Waals surface area contributed by atoms with E-state index in [0.717, 1.165) is 19.5 Å². The molecular formula is C11H16N2O. The van der Waals surface area contributed by atoms with Gasteiger partial charge >= 0.3 is 0 Å². The van der Waals surface area contributed by atoms with Crippen LogP contribution in [0.25, 0.3) is 0 Å². The van der Waals surface area contributed by atoms with Crippen LogP contribution in [0, 0.1) is 0 Å². The molecule has 0 aliphatic carbocycles. The molecule has 0 radical (unpaired) electrons. The highest BCUT2D eigenvalue weighted by Crippen LogP contribution is 2.21. The first-order valence-corrected chi connectivity index (χ1v) is 4.96. The smallest absolute Gasteiger partial charge is 0.0461 e. The average Bonchev–Trinajstić information content (AvgIpc) is 2.19. The third kappa shape index (κ3) is 1.80. The quantitative estimate of drug-likeness (QED) is 0.690. The predicted octanol–water partition coefficient (Wildman–Crippen LogP) is 1.15. The van der Waals surface area contributed by atoms with E-state index >= 15 is 0 Å². The highest BCUT2D eigenvalue weighted by atomic mass is 16.5. The van der Waals surface area contributed by atoms with Crippen molar-refractivity contribution in [3.05, 3.63) is 34.9 Å². The largest absolute Gasteiger partial charge is 0.316 e. The van der Waals surface area contributed by atoms with Crippen LogP contribution in [0.1, 0.15) is 16.7 Å². The Labute approximate surface area is 84.3 Å². The van der Waals surface area contributed by atoms with Gasteiger partial charge in [0.1, 0.15) is 0 Å². The summed E-state index contributed by atoms with van der Waals surface area (Å²) >= 11 is 0. The summed E-state index contributed by atoms with van der Waals surface area (Å²) in [4.78, 5) is 2.31. The molecule has 1 heterocycles. The molecular weight excluding hydrogens is 176 g/mol. The molecule has 0 atom stereocenters. The van der Waals surface area contributed by atoms with Crippen LogP contribution in [-0.2, 0) is 19.5 Å². The summed E-state index contributed by atoms with van der Waals surface area (Å²) in [5.41, 5.74) is 6.24. The number of likely N-dealkylation sites (N-methyl/N-ethyl adjacent to an activating group) is 1. The number of hydrogen-bond donors (Lipinski definition) is 2. The number of nitrogens with zero attached hydrogens (tertiary/aromatic N) is 1. The van der Waals surface area contributed by atoms with Crippen LogP contribution in [0.5, 0.6) is 0 Å². The summed E-state index contributed by atoms with van der Waals surface area (Å²) in [6.45, 7) is 2.66. The van der Waals surface area contributed by atoms with E-state index in [0.29, 0.717) is 6.54 Å². The normalized spacial score (nSPS) is 16.7. The third-order valence-corrected chi connectivity index (χ3v) is 2.83. The summed E-state index contributed by atoms with van der Waals surface area (Å²) in [6, 6.07) is 6.32. The summed E-state index contributed by atoms with van der Waals surface area (Å²) in [7, 11) is 2.13. The zero-order chi connectivity index (χ0) is 9.97. The molecule has 14 heavy (non-hydrogen) atoms. The van der Waals surface area contributed by atoms with E-state index in [1.54, 1.807) is 0 Å². The maximum atomic E-state index is 8.72. The lowest BCUT2D eigenvalue weighted by molar-refractivity contribution is 0.160. The van der Waals surface area contributed by atoms with Crippen molar-refractivity contribution in [2.75, 3.05) is 13.6 Å². The molecule has 76 valence electrons. The first-order valence-electron chi connectivity index (χ1n) is 4.96. The highest BCUT2D eigenvalue weighted by molar-refractivity contribution is 5.36. The fraction of sp³-hybridized carbons (Fsp3) is 0.455. The molecule has 1 aliphatic rings. The number of hydrogen-bond acceptors (Lipinski definition) is 3. The first-order chi connectivity index (χ1) is 6.81. The molecule has 1 aromatic rings. The Balaban J connectivity index is 2.33. The molecule has 0 aromatic heterocycles. The van der Waals surface area contributed by atoms with Crippen LogP contribution in [0.3, 0.4) is 0 Å². The third-order valence-electron chi connectivity index (χ3n) is 2.83. The van der Waals surface area contributed by atoms with E-state index < -0.39 is 0 Å². The standard InChI is InChI=1S/C11H16N2O/c1-13-6-5-9-3-2-4-10(7-12-14)11(9)8-13/h2-4,12,14H,5-8H2,1H3. The lowest BCUT2D eigenvalue weighted by Gasteiger charge is -2.26. The van der Waals surface area contributed by atoms with Crippen molar-refractivity contribution in [3.8, 4) is 0 Å². The zero-order valence-electron chi connectivity index (χ0n) is 8.45. The number of fused-ring (bicyclic) bond motifs is 1. The SMILES string of the molecule is CN1CCc2cccc(CNO)c2C1. The second kappa shape index (κ2) is 4.09.